The molecule has 2 bridgehead atoms. The second-order valence-electron chi connectivity index (χ2n) is 13.0. The summed E-state index contributed by atoms with van der Waals surface area (Å²) in [5.74, 6) is -0.623. The molecule has 48 heavy (non-hydrogen) atoms. The van der Waals surface area contributed by atoms with Gasteiger partial charge in [-0.2, -0.15) is 0 Å². The van der Waals surface area contributed by atoms with Gasteiger partial charge in [-0.1, -0.05) is 41.9 Å². The molecule has 1 spiro atoms. The van der Waals surface area contributed by atoms with Gasteiger partial charge in [-0.3, -0.25) is 14.4 Å². The fraction of sp³-hybridized carbons (Fsp3) is 0.486. The molecule has 3 aliphatic heterocycles. The molecule has 2 aromatic rings. The molecule has 1 N–H and O–H groups in total. The number of carbonyl (C=O) groups excluding carboxylic acids is 3. The average molecular weight is 741 g/mol. The molecule has 0 radical (unpaired) electrons. The van der Waals surface area contributed by atoms with Crippen LogP contribution in [0.2, 0.25) is 0 Å². The highest BCUT2D eigenvalue weighted by molar-refractivity contribution is 9.09. The number of anilines is 2. The van der Waals surface area contributed by atoms with Crippen LogP contribution >= 0.6 is 27.7 Å². The lowest BCUT2D eigenvalue weighted by Crippen LogP contribution is -2.58. The molecular weight excluding hydrogens is 694 g/mol. The number of ether oxygens (including phenoxy) is 2. The summed E-state index contributed by atoms with van der Waals surface area (Å²) in [5.41, 5.74) is 1.32. The third kappa shape index (κ3) is 6.41. The van der Waals surface area contributed by atoms with Crippen molar-refractivity contribution in [3.05, 3.63) is 73.8 Å². The predicted octanol–water partition coefficient (Wildman–Crippen LogP) is 5.70. The normalized spacial score (nSPS) is 26.3. The molecule has 3 heterocycles. The van der Waals surface area contributed by atoms with Crippen molar-refractivity contribution >= 4 is 56.8 Å². The van der Waals surface area contributed by atoms with E-state index in [0.29, 0.717) is 42.3 Å². The summed E-state index contributed by atoms with van der Waals surface area (Å²) < 4.78 is 10.1. The zero-order valence-electron chi connectivity index (χ0n) is 28.1. The van der Waals surface area contributed by atoms with Gasteiger partial charge < -0.3 is 29.3 Å². The summed E-state index contributed by atoms with van der Waals surface area (Å²) in [6, 6.07) is 13.1. The standard InChI is InChI=1S/C37H46BrN3O6S/c1-7-18-39(24-12-16-28(17-13-24)47-9-3)34(43)30-31-35(44)41(26(22-42)20-23(4)5)33(37(31)21-29(38)32(30)48-37)36(45)40(19-8-2)25-10-14-27(46-6)15-11-25/h7-8,10-17,23,26,29-33,42H,1-2,9,18-22H2,3-6H3/t26-,29?,30-,31+,32-,33?,37?/m1/s1. The second-order valence-corrected chi connectivity index (χ2v) is 15.7. The van der Waals surface area contributed by atoms with E-state index in [9.17, 15) is 14.7 Å². The van der Waals surface area contributed by atoms with E-state index in [-0.39, 0.29) is 53.4 Å². The number of aliphatic hydroxyl groups is 1. The molecule has 3 aliphatic rings. The van der Waals surface area contributed by atoms with Crippen LogP contribution < -0.4 is 19.3 Å². The van der Waals surface area contributed by atoms with Crippen LogP contribution in [0.3, 0.4) is 0 Å². The van der Waals surface area contributed by atoms with E-state index in [1.807, 2.05) is 57.2 Å². The minimum Gasteiger partial charge on any atom is -0.497 e. The Bertz CT molecular complexity index is 1500. The van der Waals surface area contributed by atoms with Gasteiger partial charge in [0, 0.05) is 34.5 Å². The van der Waals surface area contributed by atoms with Crippen molar-refractivity contribution in [2.75, 3.05) is 43.2 Å². The number of alkyl halides is 1. The number of nitrogens with zero attached hydrogens (tertiary/aromatic N) is 3. The third-order valence-electron chi connectivity index (χ3n) is 9.59. The summed E-state index contributed by atoms with van der Waals surface area (Å²) in [6.07, 6.45) is 4.39. The number of thioether (sulfide) groups is 1. The maximum atomic E-state index is 15.0. The number of methoxy groups -OCH3 is 1. The number of aliphatic hydroxyl groups excluding tert-OH is 1. The Labute approximate surface area is 296 Å². The number of rotatable bonds is 15. The van der Waals surface area contributed by atoms with Gasteiger partial charge in [0.2, 0.25) is 11.8 Å². The van der Waals surface area contributed by atoms with Crippen LogP contribution in [-0.4, -0.2) is 88.0 Å². The number of hydrogen-bond acceptors (Lipinski definition) is 7. The highest BCUT2D eigenvalue weighted by Crippen LogP contribution is 2.68. The van der Waals surface area contributed by atoms with Crippen LogP contribution in [-0.2, 0) is 14.4 Å². The Hall–Kier alpha value is -3.28. The minimum absolute atomic E-state index is 0.104. The SMILES string of the molecule is C=CCN(C(=O)C1N([C@@H](CO)CC(C)C)C(=O)[C@@H]2[C@@H](C(=O)N(CC=C)c3ccc(OCC)cc3)[C@@H]3SC12CC3Br)c1ccc(OC)cc1. The Kier molecular flexibility index (Phi) is 11.3. The number of carbonyl (C=O) groups is 3. The predicted molar refractivity (Wildman–Crippen MR) is 195 cm³/mol. The summed E-state index contributed by atoms with van der Waals surface area (Å²) in [6.45, 7) is 14.5. The molecule has 5 rings (SSSR count). The molecule has 0 aliphatic carbocycles. The fourth-order valence-electron chi connectivity index (χ4n) is 7.72. The molecule has 9 nitrogen and oxygen atoms in total. The molecular formula is C37H46BrN3O6S. The molecule has 3 saturated heterocycles. The largest absolute Gasteiger partial charge is 0.497 e. The van der Waals surface area contributed by atoms with Crippen molar-refractivity contribution in [3.63, 3.8) is 0 Å². The minimum atomic E-state index is -0.904. The Morgan fingerprint density at radius 3 is 2.10 bits per heavy atom. The van der Waals surface area contributed by atoms with E-state index in [4.69, 9.17) is 9.47 Å². The molecule has 0 aromatic heterocycles. The van der Waals surface area contributed by atoms with Crippen LogP contribution in [0.25, 0.3) is 0 Å². The zero-order chi connectivity index (χ0) is 34.7. The second kappa shape index (κ2) is 15.1. The molecule has 0 saturated carbocycles. The van der Waals surface area contributed by atoms with Gasteiger partial charge in [0.25, 0.3) is 5.91 Å². The highest BCUT2D eigenvalue weighted by atomic mass is 79.9. The van der Waals surface area contributed by atoms with E-state index >= 15 is 4.79 Å². The number of likely N-dealkylation sites (tertiary alicyclic amines) is 1. The molecule has 11 heteroatoms. The average Bonchev–Trinajstić information content (AvgIpc) is 3.68. The molecule has 258 valence electrons. The van der Waals surface area contributed by atoms with Gasteiger partial charge in [0.05, 0.1) is 42.9 Å². The van der Waals surface area contributed by atoms with Crippen LogP contribution in [0.1, 0.15) is 33.6 Å². The summed E-state index contributed by atoms with van der Waals surface area (Å²) >= 11 is 5.47. The summed E-state index contributed by atoms with van der Waals surface area (Å²) in [5, 5.41) is 10.5. The Balaban J connectivity index is 1.60. The van der Waals surface area contributed by atoms with Crippen LogP contribution in [0.15, 0.2) is 73.8 Å². The number of halogens is 1. The van der Waals surface area contributed by atoms with Gasteiger partial charge in [0.15, 0.2) is 0 Å². The van der Waals surface area contributed by atoms with E-state index in [1.165, 1.54) is 0 Å². The van der Waals surface area contributed by atoms with Gasteiger partial charge >= 0.3 is 0 Å². The number of hydrogen-bond donors (Lipinski definition) is 1. The maximum absolute atomic E-state index is 15.0. The highest BCUT2D eigenvalue weighted by Gasteiger charge is 2.76. The van der Waals surface area contributed by atoms with Crippen molar-refractivity contribution in [2.45, 2.75) is 60.5 Å². The first-order valence-corrected chi connectivity index (χ1v) is 18.3. The quantitative estimate of drug-likeness (QED) is 0.185. The summed E-state index contributed by atoms with van der Waals surface area (Å²) in [7, 11) is 1.58. The number of amides is 3. The van der Waals surface area contributed by atoms with Gasteiger partial charge in [-0.25, -0.2) is 0 Å². The Morgan fingerprint density at radius 2 is 1.60 bits per heavy atom. The van der Waals surface area contributed by atoms with Crippen molar-refractivity contribution in [3.8, 4) is 11.5 Å². The first kappa shape index (κ1) is 36.0. The number of fused-ring (bicyclic) bond motifs is 1. The smallest absolute Gasteiger partial charge is 0.251 e. The van der Waals surface area contributed by atoms with E-state index < -0.39 is 28.7 Å². The maximum Gasteiger partial charge on any atom is 0.251 e. The lowest BCUT2D eigenvalue weighted by atomic mass is 9.70. The van der Waals surface area contributed by atoms with Crippen LogP contribution in [0.4, 0.5) is 11.4 Å². The van der Waals surface area contributed by atoms with Crippen LogP contribution in [0, 0.1) is 17.8 Å². The first-order valence-electron chi connectivity index (χ1n) is 16.5. The third-order valence-corrected chi connectivity index (χ3v) is 12.8. The van der Waals surface area contributed by atoms with E-state index in [1.54, 1.807) is 57.9 Å². The number of benzene rings is 2. The molecule has 3 amide bonds. The molecule has 7 atom stereocenters. The monoisotopic (exact) mass is 739 g/mol. The lowest BCUT2D eigenvalue weighted by Gasteiger charge is -2.40. The first-order chi connectivity index (χ1) is 23.1. The Morgan fingerprint density at radius 1 is 1.04 bits per heavy atom. The van der Waals surface area contributed by atoms with Gasteiger partial charge in [0.1, 0.15) is 17.5 Å². The van der Waals surface area contributed by atoms with E-state index in [0.717, 1.165) is 0 Å². The van der Waals surface area contributed by atoms with Crippen molar-refractivity contribution in [2.24, 2.45) is 17.8 Å². The van der Waals surface area contributed by atoms with Crippen molar-refractivity contribution < 1.29 is 29.0 Å². The molecule has 2 aromatic carbocycles. The van der Waals surface area contributed by atoms with Crippen LogP contribution in [0.5, 0.6) is 11.5 Å². The van der Waals surface area contributed by atoms with Gasteiger partial charge in [-0.05, 0) is 74.2 Å². The topological polar surface area (TPSA) is 99.6 Å². The van der Waals surface area contributed by atoms with Crippen molar-refractivity contribution in [1.82, 2.24) is 4.90 Å². The molecule has 3 unspecified atom stereocenters. The lowest BCUT2D eigenvalue weighted by molar-refractivity contribution is -0.142. The van der Waals surface area contributed by atoms with E-state index in [2.05, 4.69) is 29.1 Å². The van der Waals surface area contributed by atoms with Crippen molar-refractivity contribution in [1.29, 1.82) is 0 Å². The van der Waals surface area contributed by atoms with Gasteiger partial charge in [-0.15, -0.1) is 24.9 Å². The zero-order valence-corrected chi connectivity index (χ0v) is 30.5. The molecule has 3 fully saturated rings. The fourth-order valence-corrected chi connectivity index (χ4v) is 11.3. The summed E-state index contributed by atoms with van der Waals surface area (Å²) in [4.78, 5) is 49.5.